The van der Waals surface area contributed by atoms with Crippen LogP contribution in [0.25, 0.3) is 0 Å². The summed E-state index contributed by atoms with van der Waals surface area (Å²) < 4.78 is 5.92. The summed E-state index contributed by atoms with van der Waals surface area (Å²) in [6.07, 6.45) is 2.52. The van der Waals surface area contributed by atoms with E-state index >= 15 is 0 Å². The smallest absolute Gasteiger partial charge is 0.197 e. The third-order valence-electron chi connectivity index (χ3n) is 3.07. The first-order chi connectivity index (χ1) is 5.93. The van der Waals surface area contributed by atoms with Gasteiger partial charge in [-0.1, -0.05) is 47.5 Å². The van der Waals surface area contributed by atoms with Gasteiger partial charge in [-0.25, -0.2) is 0 Å². The molecular formula is C11H26OSi. The lowest BCUT2D eigenvalue weighted by Crippen LogP contribution is -2.45. The lowest BCUT2D eigenvalue weighted by molar-refractivity contribution is 0.355. The first-order valence-electron chi connectivity index (χ1n) is 5.48. The van der Waals surface area contributed by atoms with E-state index in [0.29, 0.717) is 5.04 Å². The second-order valence-corrected chi connectivity index (χ2v) is 9.85. The molecule has 13 heavy (non-hydrogen) atoms. The molecule has 0 aliphatic heterocycles. The molecule has 0 N–H and O–H groups in total. The average Bonchev–Trinajstić information content (AvgIpc) is 2.02. The first-order valence-corrected chi connectivity index (χ1v) is 7.81. The molecule has 0 rings (SSSR count). The summed E-state index contributed by atoms with van der Waals surface area (Å²) in [5, 5.41) is 0.383. The van der Waals surface area contributed by atoms with Gasteiger partial charge in [0.25, 0.3) is 0 Å². The molecule has 0 bridgehead atoms. The van der Waals surface area contributed by atoms with Gasteiger partial charge in [0.15, 0.2) is 8.32 Å². The minimum absolute atomic E-state index is 0.383. The quantitative estimate of drug-likeness (QED) is 0.607. The van der Waals surface area contributed by atoms with E-state index in [-0.39, 0.29) is 0 Å². The topological polar surface area (TPSA) is 9.23 Å². The minimum Gasteiger partial charge on any atom is -0.419 e. The third kappa shape index (κ3) is 3.10. The zero-order valence-electron chi connectivity index (χ0n) is 10.2. The summed E-state index contributed by atoms with van der Waals surface area (Å²) in [5.41, 5.74) is 0. The molecule has 0 radical (unpaired) electrons. The van der Waals surface area contributed by atoms with Gasteiger partial charge in [0.2, 0.25) is 0 Å². The molecule has 0 atom stereocenters. The summed E-state index contributed by atoms with van der Waals surface area (Å²) in [5.74, 6) is 0. The van der Waals surface area contributed by atoms with Gasteiger partial charge in [-0.05, 0) is 17.1 Å². The maximum Gasteiger partial charge on any atom is 0.197 e. The Morgan fingerprint density at radius 2 is 1.38 bits per heavy atom. The Bertz CT molecular complexity index is 132. The van der Waals surface area contributed by atoms with Gasteiger partial charge in [-0.3, -0.25) is 0 Å². The molecule has 2 heteroatoms. The van der Waals surface area contributed by atoms with Gasteiger partial charge < -0.3 is 4.43 Å². The molecule has 0 aliphatic carbocycles. The highest BCUT2D eigenvalue weighted by molar-refractivity contribution is 6.76. The maximum atomic E-state index is 5.92. The Morgan fingerprint density at radius 3 is 1.54 bits per heavy atom. The highest BCUT2D eigenvalue weighted by Crippen LogP contribution is 2.43. The van der Waals surface area contributed by atoms with E-state index in [1.807, 2.05) is 7.11 Å². The fraction of sp³-hybridized carbons (Fsp3) is 1.00. The molecular weight excluding hydrogens is 176 g/mol. The van der Waals surface area contributed by atoms with Gasteiger partial charge in [0.05, 0.1) is 0 Å². The van der Waals surface area contributed by atoms with Crippen molar-refractivity contribution in [1.29, 1.82) is 0 Å². The van der Waals surface area contributed by atoms with Gasteiger partial charge >= 0.3 is 0 Å². The number of hydrogen-bond donors (Lipinski definition) is 0. The molecule has 1 nitrogen and oxygen atoms in total. The molecule has 0 unspecified atom stereocenters. The van der Waals surface area contributed by atoms with Gasteiger partial charge in [-0.15, -0.1) is 0 Å². The predicted octanol–water partition coefficient (Wildman–Crippen LogP) is 4.20. The third-order valence-corrected chi connectivity index (χ3v) is 9.20. The monoisotopic (exact) mass is 202 g/mol. The van der Waals surface area contributed by atoms with Crippen LogP contribution in [0.2, 0.25) is 17.1 Å². The van der Waals surface area contributed by atoms with E-state index < -0.39 is 8.32 Å². The molecule has 80 valence electrons. The van der Waals surface area contributed by atoms with Crippen molar-refractivity contribution in [3.05, 3.63) is 0 Å². The van der Waals surface area contributed by atoms with Crippen LogP contribution in [-0.2, 0) is 4.43 Å². The van der Waals surface area contributed by atoms with Crippen molar-refractivity contribution in [3.8, 4) is 0 Å². The van der Waals surface area contributed by atoms with E-state index in [0.717, 1.165) is 0 Å². The Hall–Kier alpha value is 0.177. The lowest BCUT2D eigenvalue weighted by atomic mass is 10.2. The van der Waals surface area contributed by atoms with E-state index in [9.17, 15) is 0 Å². The molecule has 0 aromatic heterocycles. The van der Waals surface area contributed by atoms with Crippen LogP contribution < -0.4 is 0 Å². The summed E-state index contributed by atoms with van der Waals surface area (Å²) in [4.78, 5) is 0. The van der Waals surface area contributed by atoms with Crippen LogP contribution in [0.3, 0.4) is 0 Å². The van der Waals surface area contributed by atoms with Crippen molar-refractivity contribution in [2.45, 2.75) is 64.6 Å². The molecule has 0 fully saturated rings. The fourth-order valence-electron chi connectivity index (χ4n) is 2.19. The van der Waals surface area contributed by atoms with E-state index in [1.165, 1.54) is 24.9 Å². The van der Waals surface area contributed by atoms with Crippen LogP contribution in [0.1, 0.15) is 47.5 Å². The van der Waals surface area contributed by atoms with Crippen LogP contribution in [0.15, 0.2) is 0 Å². The van der Waals surface area contributed by atoms with E-state index in [1.54, 1.807) is 0 Å². The average molecular weight is 202 g/mol. The molecule has 0 heterocycles. The molecule has 0 spiro atoms. The summed E-state index contributed by atoms with van der Waals surface area (Å²) in [6.45, 7) is 11.6. The largest absolute Gasteiger partial charge is 0.419 e. The maximum absolute atomic E-state index is 5.92. The van der Waals surface area contributed by atoms with Crippen molar-refractivity contribution in [2.75, 3.05) is 7.11 Å². The summed E-state index contributed by atoms with van der Waals surface area (Å²) in [7, 11) is 0.448. The Kier molecular flexibility index (Phi) is 5.23. The van der Waals surface area contributed by atoms with Crippen molar-refractivity contribution in [2.24, 2.45) is 0 Å². The SMILES string of the molecule is CCC[Si](CCC)(OC)C(C)(C)C. The lowest BCUT2D eigenvalue weighted by Gasteiger charge is -2.41. The van der Waals surface area contributed by atoms with Crippen molar-refractivity contribution >= 4 is 8.32 Å². The van der Waals surface area contributed by atoms with Crippen molar-refractivity contribution in [3.63, 3.8) is 0 Å². The van der Waals surface area contributed by atoms with Gasteiger partial charge in [-0.2, -0.15) is 0 Å². The molecule has 0 amide bonds. The Balaban J connectivity index is 4.64. The standard InChI is InChI=1S/C11H26OSi/c1-7-9-13(12-6,10-8-2)11(3,4)5/h7-10H2,1-6H3. The fourth-order valence-corrected chi connectivity index (χ4v) is 6.58. The minimum atomic E-state index is -1.47. The summed E-state index contributed by atoms with van der Waals surface area (Å²) >= 11 is 0. The summed E-state index contributed by atoms with van der Waals surface area (Å²) in [6, 6.07) is 2.61. The molecule has 0 aliphatic rings. The van der Waals surface area contributed by atoms with E-state index in [2.05, 4.69) is 34.6 Å². The molecule has 0 aromatic carbocycles. The second-order valence-electron chi connectivity index (χ2n) is 4.95. The van der Waals surface area contributed by atoms with Crippen LogP contribution in [-0.4, -0.2) is 15.4 Å². The zero-order chi connectivity index (χ0) is 10.5. The van der Waals surface area contributed by atoms with E-state index in [4.69, 9.17) is 4.43 Å². The zero-order valence-corrected chi connectivity index (χ0v) is 11.2. The first kappa shape index (κ1) is 13.2. The molecule has 0 saturated carbocycles. The molecule has 0 aromatic rings. The van der Waals surface area contributed by atoms with Gasteiger partial charge in [0.1, 0.15) is 0 Å². The predicted molar refractivity (Wildman–Crippen MR) is 62.7 cm³/mol. The highest BCUT2D eigenvalue weighted by atomic mass is 28.4. The van der Waals surface area contributed by atoms with Crippen LogP contribution in [0.5, 0.6) is 0 Å². The normalized spacial score (nSPS) is 13.4. The van der Waals surface area contributed by atoms with Crippen molar-refractivity contribution in [1.82, 2.24) is 0 Å². The van der Waals surface area contributed by atoms with Crippen LogP contribution in [0, 0.1) is 0 Å². The number of rotatable bonds is 5. The number of hydrogen-bond acceptors (Lipinski definition) is 1. The second kappa shape index (κ2) is 5.16. The van der Waals surface area contributed by atoms with Crippen molar-refractivity contribution < 1.29 is 4.43 Å². The highest BCUT2D eigenvalue weighted by Gasteiger charge is 2.43. The molecule has 0 saturated heterocycles. The van der Waals surface area contributed by atoms with Gasteiger partial charge in [0, 0.05) is 7.11 Å². The van der Waals surface area contributed by atoms with Crippen LogP contribution >= 0.6 is 0 Å². The Labute approximate surface area is 85.0 Å². The van der Waals surface area contributed by atoms with Crippen LogP contribution in [0.4, 0.5) is 0 Å². The Morgan fingerprint density at radius 1 is 1.00 bits per heavy atom.